The normalized spacial score (nSPS) is 14.0. The van der Waals surface area contributed by atoms with E-state index in [0.29, 0.717) is 6.61 Å². The molecule has 0 aromatic heterocycles. The average Bonchev–Trinajstić information content (AvgIpc) is 2.41. The molecule has 0 amide bonds. The minimum atomic E-state index is -0.0954. The van der Waals surface area contributed by atoms with Crippen LogP contribution < -0.4 is 5.73 Å². The highest BCUT2D eigenvalue weighted by molar-refractivity contribution is 9.10. The summed E-state index contributed by atoms with van der Waals surface area (Å²) in [7, 11) is 0. The zero-order valence-electron chi connectivity index (χ0n) is 11.8. The molecule has 106 valence electrons. The Kier molecular flexibility index (Phi) is 5.35. The maximum Gasteiger partial charge on any atom is 0.0977 e. The quantitative estimate of drug-likeness (QED) is 0.882. The smallest absolute Gasteiger partial charge is 0.0977 e. The monoisotopic (exact) mass is 333 g/mol. The molecule has 0 aliphatic rings. The highest BCUT2D eigenvalue weighted by Crippen LogP contribution is 2.25. The third-order valence-corrected chi connectivity index (χ3v) is 4.00. The molecule has 2 atom stereocenters. The van der Waals surface area contributed by atoms with Gasteiger partial charge in [-0.25, -0.2) is 0 Å². The zero-order chi connectivity index (χ0) is 14.5. The Hall–Kier alpha value is -1.16. The van der Waals surface area contributed by atoms with Gasteiger partial charge < -0.3 is 10.5 Å². The lowest BCUT2D eigenvalue weighted by Gasteiger charge is -2.22. The number of halogens is 1. The molecular weight excluding hydrogens is 314 g/mol. The van der Waals surface area contributed by atoms with Crippen molar-refractivity contribution in [3.8, 4) is 0 Å². The number of aryl methyl sites for hydroxylation is 1. The van der Waals surface area contributed by atoms with Crippen molar-refractivity contribution in [1.82, 2.24) is 0 Å². The van der Waals surface area contributed by atoms with Crippen LogP contribution in [0, 0.1) is 6.92 Å². The van der Waals surface area contributed by atoms with Gasteiger partial charge in [0.05, 0.1) is 12.7 Å². The lowest BCUT2D eigenvalue weighted by molar-refractivity contribution is 0.0256. The van der Waals surface area contributed by atoms with E-state index in [-0.39, 0.29) is 12.1 Å². The van der Waals surface area contributed by atoms with Crippen molar-refractivity contribution in [2.45, 2.75) is 32.6 Å². The molecule has 2 unspecified atom stereocenters. The van der Waals surface area contributed by atoms with Gasteiger partial charge in [0, 0.05) is 10.5 Å². The molecule has 0 fully saturated rings. The maximum atomic E-state index is 6.08. The number of ether oxygens (including phenoxy) is 1. The first-order valence-corrected chi connectivity index (χ1v) is 7.54. The van der Waals surface area contributed by atoms with Crippen LogP contribution >= 0.6 is 15.9 Å². The largest absolute Gasteiger partial charge is 0.367 e. The highest BCUT2D eigenvalue weighted by Gasteiger charge is 2.17. The summed E-state index contributed by atoms with van der Waals surface area (Å²) in [4.78, 5) is 0. The summed E-state index contributed by atoms with van der Waals surface area (Å²) in [5, 5.41) is 0. The molecule has 0 aliphatic heterocycles. The van der Waals surface area contributed by atoms with Crippen LogP contribution in [-0.4, -0.2) is 6.04 Å². The lowest BCUT2D eigenvalue weighted by atomic mass is 10.0. The predicted molar refractivity (Wildman–Crippen MR) is 86.5 cm³/mol. The number of hydrogen-bond acceptors (Lipinski definition) is 2. The molecule has 2 N–H and O–H groups in total. The topological polar surface area (TPSA) is 35.2 Å². The van der Waals surface area contributed by atoms with Crippen molar-refractivity contribution in [3.05, 3.63) is 69.7 Å². The van der Waals surface area contributed by atoms with Gasteiger partial charge in [-0.1, -0.05) is 64.0 Å². The van der Waals surface area contributed by atoms with E-state index in [1.807, 2.05) is 31.2 Å². The summed E-state index contributed by atoms with van der Waals surface area (Å²) in [6, 6.07) is 16.4. The van der Waals surface area contributed by atoms with Gasteiger partial charge in [-0.2, -0.15) is 0 Å². The Balaban J connectivity index is 2.13. The second-order valence-electron chi connectivity index (χ2n) is 5.10. The van der Waals surface area contributed by atoms with Gasteiger partial charge in [0.2, 0.25) is 0 Å². The second-order valence-corrected chi connectivity index (χ2v) is 5.95. The molecular formula is C17H20BrNO. The molecule has 0 radical (unpaired) electrons. The Morgan fingerprint density at radius 2 is 1.90 bits per heavy atom. The Morgan fingerprint density at radius 1 is 1.15 bits per heavy atom. The van der Waals surface area contributed by atoms with E-state index in [9.17, 15) is 0 Å². The molecule has 20 heavy (non-hydrogen) atoms. The van der Waals surface area contributed by atoms with Crippen molar-refractivity contribution < 1.29 is 4.74 Å². The van der Waals surface area contributed by atoms with E-state index in [2.05, 4.69) is 47.1 Å². The summed E-state index contributed by atoms with van der Waals surface area (Å²) in [5.41, 5.74) is 9.57. The molecule has 0 aliphatic carbocycles. The fraction of sp³-hybridized carbons (Fsp3) is 0.294. The average molecular weight is 334 g/mol. The van der Waals surface area contributed by atoms with Crippen molar-refractivity contribution in [3.63, 3.8) is 0 Å². The van der Waals surface area contributed by atoms with Gasteiger partial charge in [0.15, 0.2) is 0 Å². The molecule has 0 saturated carbocycles. The standard InChI is InChI=1S/C17H20BrNO/c1-12-6-5-8-14(10-12)17(13(2)19)20-11-15-7-3-4-9-16(15)18/h3-10,13,17H,11,19H2,1-2H3. The van der Waals surface area contributed by atoms with Crippen LogP contribution in [-0.2, 0) is 11.3 Å². The third-order valence-electron chi connectivity index (χ3n) is 3.22. The first-order valence-electron chi connectivity index (χ1n) is 6.75. The lowest BCUT2D eigenvalue weighted by Crippen LogP contribution is -2.27. The fourth-order valence-electron chi connectivity index (χ4n) is 2.19. The molecule has 2 aromatic carbocycles. The molecule has 2 rings (SSSR count). The minimum absolute atomic E-state index is 0.0562. The molecule has 2 nitrogen and oxygen atoms in total. The van der Waals surface area contributed by atoms with E-state index in [1.165, 1.54) is 5.56 Å². The Bertz CT molecular complexity index is 568. The highest BCUT2D eigenvalue weighted by atomic mass is 79.9. The van der Waals surface area contributed by atoms with Gasteiger partial charge in [-0.3, -0.25) is 0 Å². The first kappa shape index (κ1) is 15.2. The van der Waals surface area contributed by atoms with Crippen molar-refractivity contribution in [2.75, 3.05) is 0 Å². The summed E-state index contributed by atoms with van der Waals surface area (Å²) in [6.45, 7) is 4.60. The predicted octanol–water partition coefficient (Wildman–Crippen LogP) is 4.36. The summed E-state index contributed by atoms with van der Waals surface area (Å²) in [6.07, 6.45) is -0.0954. The van der Waals surface area contributed by atoms with Crippen molar-refractivity contribution >= 4 is 15.9 Å². The van der Waals surface area contributed by atoms with Crippen LogP contribution in [0.4, 0.5) is 0 Å². The number of hydrogen-bond donors (Lipinski definition) is 1. The van der Waals surface area contributed by atoms with Crippen LogP contribution in [0.1, 0.15) is 29.7 Å². The fourth-order valence-corrected chi connectivity index (χ4v) is 2.59. The summed E-state index contributed by atoms with van der Waals surface area (Å²) < 4.78 is 7.12. The van der Waals surface area contributed by atoms with E-state index >= 15 is 0 Å². The third kappa shape index (κ3) is 3.92. The first-order chi connectivity index (χ1) is 9.58. The molecule has 3 heteroatoms. The molecule has 0 heterocycles. The molecule has 0 saturated heterocycles. The molecule has 2 aromatic rings. The van der Waals surface area contributed by atoms with Gasteiger partial charge in [-0.05, 0) is 31.0 Å². The number of rotatable bonds is 5. The van der Waals surface area contributed by atoms with Crippen molar-refractivity contribution in [1.29, 1.82) is 0 Å². The summed E-state index contributed by atoms with van der Waals surface area (Å²) >= 11 is 3.54. The Morgan fingerprint density at radius 3 is 2.55 bits per heavy atom. The minimum Gasteiger partial charge on any atom is -0.367 e. The van der Waals surface area contributed by atoms with E-state index in [1.54, 1.807) is 0 Å². The van der Waals surface area contributed by atoms with Gasteiger partial charge in [0.1, 0.15) is 0 Å². The maximum absolute atomic E-state index is 6.08. The van der Waals surface area contributed by atoms with Gasteiger partial charge in [0.25, 0.3) is 0 Å². The summed E-state index contributed by atoms with van der Waals surface area (Å²) in [5.74, 6) is 0. The van der Waals surface area contributed by atoms with Crippen LogP contribution in [0.25, 0.3) is 0 Å². The van der Waals surface area contributed by atoms with Crippen molar-refractivity contribution in [2.24, 2.45) is 5.73 Å². The SMILES string of the molecule is Cc1cccc(C(OCc2ccccc2Br)C(C)N)c1. The van der Waals surface area contributed by atoms with Gasteiger partial charge >= 0.3 is 0 Å². The van der Waals surface area contributed by atoms with Crippen LogP contribution in [0.5, 0.6) is 0 Å². The van der Waals surface area contributed by atoms with Crippen LogP contribution in [0.15, 0.2) is 53.0 Å². The van der Waals surface area contributed by atoms with E-state index in [4.69, 9.17) is 10.5 Å². The van der Waals surface area contributed by atoms with Gasteiger partial charge in [-0.15, -0.1) is 0 Å². The zero-order valence-corrected chi connectivity index (χ0v) is 13.4. The van der Waals surface area contributed by atoms with E-state index in [0.717, 1.165) is 15.6 Å². The second kappa shape index (κ2) is 7.02. The van der Waals surface area contributed by atoms with Crippen LogP contribution in [0.3, 0.4) is 0 Å². The van der Waals surface area contributed by atoms with Crippen LogP contribution in [0.2, 0.25) is 0 Å². The molecule has 0 spiro atoms. The van der Waals surface area contributed by atoms with E-state index < -0.39 is 0 Å². The Labute approximate surface area is 129 Å². The molecule has 0 bridgehead atoms. The number of nitrogens with two attached hydrogens (primary N) is 1. The number of benzene rings is 2.